The SMILES string of the molecule is CB(O)N(CB=O)c1cc(C[C@H]2C(=O)N([Si](C)(C)C(C)(C)C)[C@@H]2C(=O)O)ccn1. The molecule has 0 spiro atoms. The number of carbonyl (C=O) groups is 2. The van der Waals surface area contributed by atoms with Crippen molar-refractivity contribution in [2.75, 3.05) is 11.3 Å². The van der Waals surface area contributed by atoms with Crippen molar-refractivity contribution < 1.29 is 24.4 Å². The van der Waals surface area contributed by atoms with Gasteiger partial charge in [-0.05, 0) is 0 Å². The van der Waals surface area contributed by atoms with E-state index >= 15 is 0 Å². The number of carboxylic acids is 1. The summed E-state index contributed by atoms with van der Waals surface area (Å²) in [6.45, 7) is 11.7. The quantitative estimate of drug-likeness (QED) is 0.487. The summed E-state index contributed by atoms with van der Waals surface area (Å²) in [7, 11) is -2.55. The van der Waals surface area contributed by atoms with E-state index in [2.05, 4.69) is 4.98 Å². The molecule has 2 rings (SSSR count). The summed E-state index contributed by atoms with van der Waals surface area (Å²) in [5, 5.41) is 19.5. The van der Waals surface area contributed by atoms with Crippen molar-refractivity contribution in [1.29, 1.82) is 0 Å². The third-order valence-electron chi connectivity index (χ3n) is 6.19. The number of aliphatic carboxylic acids is 1. The van der Waals surface area contributed by atoms with Crippen LogP contribution in [0, 0.1) is 5.92 Å². The number of hydrogen-bond acceptors (Lipinski definition) is 6. The molecule has 0 aliphatic carbocycles. The first kappa shape index (κ1) is 23.3. The van der Waals surface area contributed by atoms with Crippen molar-refractivity contribution in [2.45, 2.75) is 58.2 Å². The molecule has 0 radical (unpaired) electrons. The van der Waals surface area contributed by atoms with Crippen LogP contribution in [0.15, 0.2) is 18.3 Å². The number of nitrogens with zero attached hydrogens (tertiary/aromatic N) is 3. The summed E-state index contributed by atoms with van der Waals surface area (Å²) in [5.74, 6) is -1.34. The molecule has 0 aromatic carbocycles. The second-order valence-corrected chi connectivity index (χ2v) is 14.2. The summed E-state index contributed by atoms with van der Waals surface area (Å²) in [5.41, 5.74) is 0.742. The summed E-state index contributed by atoms with van der Waals surface area (Å²) >= 11 is 0. The van der Waals surface area contributed by atoms with Gasteiger partial charge in [-0.1, -0.05) is 0 Å². The maximum absolute atomic E-state index is 13.0. The van der Waals surface area contributed by atoms with Gasteiger partial charge in [-0.15, -0.1) is 0 Å². The van der Waals surface area contributed by atoms with Crippen LogP contribution in [-0.2, 0) is 20.7 Å². The van der Waals surface area contributed by atoms with Gasteiger partial charge in [-0.3, -0.25) is 0 Å². The fourth-order valence-corrected chi connectivity index (χ4v) is 5.96. The second-order valence-electron chi connectivity index (χ2n) is 9.08. The van der Waals surface area contributed by atoms with Crippen molar-refractivity contribution in [3.05, 3.63) is 23.9 Å². The molecule has 1 aliphatic heterocycles. The Labute approximate surface area is 173 Å². The zero-order chi connectivity index (χ0) is 22.1. The van der Waals surface area contributed by atoms with Crippen LogP contribution in [0.2, 0.25) is 25.0 Å². The van der Waals surface area contributed by atoms with Crippen LogP contribution in [0.3, 0.4) is 0 Å². The number of rotatable bonds is 8. The standard InChI is InChI=1S/C18H29B2N3O5Si/c1-18(2,3)29(5,6)23-15(17(25)26)13(16(23)24)9-12-7-8-21-14(10-12)22(11-19-27)20(4)28/h7-8,10,13,15,28H,9,11H2,1-6H3,(H,25,26)/t13-,15+/m1/s1. The summed E-state index contributed by atoms with van der Waals surface area (Å²) in [6.07, 6.45) is 1.79. The first-order valence-corrected chi connectivity index (χ1v) is 12.7. The molecule has 2 heterocycles. The number of hydrogen-bond donors (Lipinski definition) is 2. The van der Waals surface area contributed by atoms with E-state index in [-0.39, 0.29) is 23.8 Å². The van der Waals surface area contributed by atoms with Crippen LogP contribution >= 0.6 is 0 Å². The van der Waals surface area contributed by atoms with Gasteiger partial charge in [-0.2, -0.15) is 0 Å². The summed E-state index contributed by atoms with van der Waals surface area (Å²) in [4.78, 5) is 30.6. The molecule has 1 aromatic heterocycles. The predicted octanol–water partition coefficient (Wildman–Crippen LogP) is 1.46. The first-order chi connectivity index (χ1) is 13.3. The van der Waals surface area contributed by atoms with E-state index in [1.54, 1.807) is 16.7 Å². The van der Waals surface area contributed by atoms with E-state index in [1.807, 2.05) is 33.9 Å². The van der Waals surface area contributed by atoms with Gasteiger partial charge in [0.05, 0.1) is 0 Å². The predicted molar refractivity (Wildman–Crippen MR) is 115 cm³/mol. The van der Waals surface area contributed by atoms with Crippen molar-refractivity contribution in [2.24, 2.45) is 5.92 Å². The molecule has 1 saturated heterocycles. The van der Waals surface area contributed by atoms with Crippen molar-refractivity contribution in [1.82, 2.24) is 9.55 Å². The Morgan fingerprint density at radius 2 is 2.03 bits per heavy atom. The fraction of sp³-hybridized carbons (Fsp3) is 0.611. The summed E-state index contributed by atoms with van der Waals surface area (Å²) in [6, 6.07) is 2.58. The number of β-lactam (4-membered cyclic amide) rings is 1. The monoisotopic (exact) mass is 417 g/mol. The number of aromatic nitrogens is 1. The van der Waals surface area contributed by atoms with Gasteiger partial charge in [0, 0.05) is 0 Å². The van der Waals surface area contributed by atoms with Gasteiger partial charge < -0.3 is 0 Å². The molecular weight excluding hydrogens is 388 g/mol. The zero-order valence-electron chi connectivity index (χ0n) is 17.9. The molecule has 8 nitrogen and oxygen atoms in total. The van der Waals surface area contributed by atoms with Crippen molar-refractivity contribution >= 4 is 40.1 Å². The normalized spacial score (nSPS) is 19.4. The van der Waals surface area contributed by atoms with Crippen molar-refractivity contribution in [3.8, 4) is 0 Å². The van der Waals surface area contributed by atoms with Crippen LogP contribution in [0.1, 0.15) is 26.3 Å². The minimum absolute atomic E-state index is 0.0205. The molecule has 1 amide bonds. The van der Waals surface area contributed by atoms with E-state index in [0.717, 1.165) is 5.56 Å². The topological polar surface area (TPSA) is 111 Å². The molecule has 0 saturated carbocycles. The number of carboxylic acid groups (broad SMARTS) is 1. The maximum atomic E-state index is 13.0. The van der Waals surface area contributed by atoms with E-state index < -0.39 is 33.2 Å². The molecule has 11 heteroatoms. The Balaban J connectivity index is 2.29. The van der Waals surface area contributed by atoms with E-state index in [0.29, 0.717) is 13.0 Å². The van der Waals surface area contributed by atoms with Crippen LogP contribution in [0.4, 0.5) is 5.82 Å². The van der Waals surface area contributed by atoms with Gasteiger partial charge in [0.15, 0.2) is 0 Å². The van der Waals surface area contributed by atoms with Crippen LogP contribution < -0.4 is 4.81 Å². The molecule has 156 valence electrons. The van der Waals surface area contributed by atoms with Gasteiger partial charge >= 0.3 is 173 Å². The molecule has 2 atom stereocenters. The molecule has 29 heavy (non-hydrogen) atoms. The molecule has 1 aromatic rings. The Kier molecular flexibility index (Phi) is 6.74. The Bertz CT molecular complexity index is 800. The minimum atomic E-state index is -2.31. The molecule has 1 aliphatic rings. The third-order valence-corrected chi connectivity index (χ3v) is 11.6. The fourth-order valence-electron chi connectivity index (χ4n) is 3.53. The molecule has 0 bridgehead atoms. The van der Waals surface area contributed by atoms with E-state index in [4.69, 9.17) is 0 Å². The van der Waals surface area contributed by atoms with E-state index in [9.17, 15) is 24.4 Å². The van der Waals surface area contributed by atoms with Crippen LogP contribution in [0.25, 0.3) is 0 Å². The van der Waals surface area contributed by atoms with Crippen molar-refractivity contribution in [3.63, 3.8) is 0 Å². The Hall–Kier alpha value is -2.00. The second kappa shape index (κ2) is 8.39. The average molecular weight is 417 g/mol. The number of anilines is 1. The molecule has 1 fully saturated rings. The van der Waals surface area contributed by atoms with Gasteiger partial charge in [0.2, 0.25) is 0 Å². The van der Waals surface area contributed by atoms with Gasteiger partial charge in [-0.25, -0.2) is 0 Å². The Morgan fingerprint density at radius 3 is 2.52 bits per heavy atom. The number of pyridine rings is 1. The number of carbonyl (C=O) groups excluding carboxylic acids is 1. The van der Waals surface area contributed by atoms with Gasteiger partial charge in [0.25, 0.3) is 0 Å². The molecule has 2 N–H and O–H groups in total. The summed E-state index contributed by atoms with van der Waals surface area (Å²) < 4.78 is 12.5. The number of amides is 1. The third kappa shape index (κ3) is 4.45. The molecule has 0 unspecified atom stereocenters. The average Bonchev–Trinajstić information content (AvgIpc) is 2.60. The Morgan fingerprint density at radius 1 is 1.41 bits per heavy atom. The van der Waals surface area contributed by atoms with Crippen LogP contribution in [-0.4, -0.2) is 66.5 Å². The van der Waals surface area contributed by atoms with Gasteiger partial charge in [0.1, 0.15) is 0 Å². The molecular formula is C18H29B2N3O5Si. The van der Waals surface area contributed by atoms with Crippen LogP contribution in [0.5, 0.6) is 0 Å². The zero-order valence-corrected chi connectivity index (χ0v) is 18.9. The first-order valence-electron chi connectivity index (χ1n) is 9.72. The van der Waals surface area contributed by atoms with E-state index in [1.165, 1.54) is 17.8 Å².